The van der Waals surface area contributed by atoms with Gasteiger partial charge >= 0.3 is 0 Å². The van der Waals surface area contributed by atoms with Gasteiger partial charge in [-0.05, 0) is 37.5 Å². The summed E-state index contributed by atoms with van der Waals surface area (Å²) in [6.07, 6.45) is 0.835. The molecule has 1 aromatic rings. The Labute approximate surface area is 91.3 Å². The van der Waals surface area contributed by atoms with Crippen LogP contribution in [0.4, 0.5) is 0 Å². The summed E-state index contributed by atoms with van der Waals surface area (Å²) in [5.74, 6) is 1.06. The lowest BCUT2D eigenvalue weighted by molar-refractivity contribution is -0.118. The number of ketones is 1. The van der Waals surface area contributed by atoms with Gasteiger partial charge in [0.2, 0.25) is 0 Å². The monoisotopic (exact) mass is 206 g/mol. The minimum atomic E-state index is -0.000463. The van der Waals surface area contributed by atoms with E-state index < -0.39 is 0 Å². The Balaban J connectivity index is 3.09. The second-order valence-electron chi connectivity index (χ2n) is 3.80. The number of rotatable bonds is 4. The summed E-state index contributed by atoms with van der Waals surface area (Å²) >= 11 is 0. The first-order chi connectivity index (χ1) is 7.10. The lowest BCUT2D eigenvalue weighted by Crippen LogP contribution is -2.07. The van der Waals surface area contributed by atoms with E-state index in [2.05, 4.69) is 0 Å². The van der Waals surface area contributed by atoms with Gasteiger partial charge in [-0.2, -0.15) is 0 Å². The Hall–Kier alpha value is -1.31. The van der Waals surface area contributed by atoms with E-state index in [4.69, 9.17) is 4.74 Å². The van der Waals surface area contributed by atoms with Crippen molar-refractivity contribution in [1.29, 1.82) is 0 Å². The van der Waals surface area contributed by atoms with E-state index in [0.29, 0.717) is 0 Å². The molecule has 0 N–H and O–H groups in total. The Kier molecular flexibility index (Phi) is 3.89. The normalized spacial score (nSPS) is 12.3. The molecular weight excluding hydrogens is 188 g/mol. The smallest absolute Gasteiger partial charge is 0.137 e. The van der Waals surface area contributed by atoms with Gasteiger partial charge < -0.3 is 4.74 Å². The Bertz CT molecular complexity index is 356. The van der Waals surface area contributed by atoms with Crippen molar-refractivity contribution in [2.24, 2.45) is 0 Å². The summed E-state index contributed by atoms with van der Waals surface area (Å²) in [5.41, 5.74) is 2.15. The highest BCUT2D eigenvalue weighted by Crippen LogP contribution is 2.26. The molecule has 0 fully saturated rings. The second kappa shape index (κ2) is 4.96. The first-order valence-electron chi connectivity index (χ1n) is 5.25. The molecule has 1 aromatic carbocycles. The van der Waals surface area contributed by atoms with Crippen LogP contribution >= 0.6 is 0 Å². The highest BCUT2D eigenvalue weighted by Gasteiger charge is 2.15. The van der Waals surface area contributed by atoms with Crippen LogP contribution in [0.2, 0.25) is 0 Å². The van der Waals surface area contributed by atoms with E-state index in [1.54, 1.807) is 14.0 Å². The summed E-state index contributed by atoms with van der Waals surface area (Å²) in [6, 6.07) is 5.97. The van der Waals surface area contributed by atoms with E-state index in [-0.39, 0.29) is 11.7 Å². The number of benzene rings is 1. The number of Topliss-reactive ketones (excluding diaryl/α,β-unsaturated/α-hetero) is 1. The number of hydrogen-bond acceptors (Lipinski definition) is 2. The summed E-state index contributed by atoms with van der Waals surface area (Å²) in [6.45, 7) is 5.66. The number of hydrogen-bond donors (Lipinski definition) is 0. The van der Waals surface area contributed by atoms with E-state index in [9.17, 15) is 4.79 Å². The topological polar surface area (TPSA) is 26.3 Å². The maximum Gasteiger partial charge on any atom is 0.137 e. The number of carbonyl (C=O) groups is 1. The summed E-state index contributed by atoms with van der Waals surface area (Å²) < 4.78 is 5.25. The maximum absolute atomic E-state index is 11.4. The molecule has 0 aliphatic carbocycles. The van der Waals surface area contributed by atoms with Crippen LogP contribution in [-0.2, 0) is 4.79 Å². The SMILES string of the molecule is CCC(C(C)=O)c1ccc(C)c(OC)c1. The highest BCUT2D eigenvalue weighted by molar-refractivity contribution is 5.83. The standard InChI is InChI=1S/C13H18O2/c1-5-12(10(3)14)11-7-6-9(2)13(8-11)15-4/h6-8,12H,5H2,1-4H3. The van der Waals surface area contributed by atoms with Gasteiger partial charge in [0, 0.05) is 5.92 Å². The van der Waals surface area contributed by atoms with Crippen LogP contribution in [0.15, 0.2) is 18.2 Å². The average molecular weight is 206 g/mol. The Morgan fingerprint density at radius 2 is 2.13 bits per heavy atom. The summed E-state index contributed by atoms with van der Waals surface area (Å²) in [5, 5.41) is 0. The molecule has 0 spiro atoms. The van der Waals surface area contributed by atoms with Crippen molar-refractivity contribution in [3.8, 4) is 5.75 Å². The molecule has 2 heteroatoms. The lowest BCUT2D eigenvalue weighted by atomic mass is 9.92. The number of aryl methyl sites for hydroxylation is 1. The molecule has 15 heavy (non-hydrogen) atoms. The third kappa shape index (κ3) is 2.58. The molecule has 0 aliphatic heterocycles. The Morgan fingerprint density at radius 3 is 2.60 bits per heavy atom. The van der Waals surface area contributed by atoms with Crippen molar-refractivity contribution in [3.63, 3.8) is 0 Å². The van der Waals surface area contributed by atoms with Gasteiger partial charge in [0.1, 0.15) is 11.5 Å². The number of carbonyl (C=O) groups excluding carboxylic acids is 1. The van der Waals surface area contributed by atoms with Gasteiger partial charge in [0.25, 0.3) is 0 Å². The zero-order valence-electron chi connectivity index (χ0n) is 9.83. The van der Waals surface area contributed by atoms with Gasteiger partial charge in [-0.25, -0.2) is 0 Å². The molecule has 0 aromatic heterocycles. The van der Waals surface area contributed by atoms with Crippen LogP contribution in [0, 0.1) is 6.92 Å². The summed E-state index contributed by atoms with van der Waals surface area (Å²) in [4.78, 5) is 11.4. The van der Waals surface area contributed by atoms with Gasteiger partial charge in [0.15, 0.2) is 0 Å². The van der Waals surface area contributed by atoms with Crippen LogP contribution in [-0.4, -0.2) is 12.9 Å². The second-order valence-corrected chi connectivity index (χ2v) is 3.80. The first kappa shape index (κ1) is 11.8. The zero-order chi connectivity index (χ0) is 11.4. The average Bonchev–Trinajstić information content (AvgIpc) is 2.21. The van der Waals surface area contributed by atoms with Crippen LogP contribution in [0.25, 0.3) is 0 Å². The van der Waals surface area contributed by atoms with E-state index >= 15 is 0 Å². The molecule has 1 atom stereocenters. The summed E-state index contributed by atoms with van der Waals surface area (Å²) in [7, 11) is 1.65. The molecule has 2 nitrogen and oxygen atoms in total. The molecule has 0 saturated heterocycles. The molecule has 1 unspecified atom stereocenters. The van der Waals surface area contributed by atoms with Crippen molar-refractivity contribution in [2.75, 3.05) is 7.11 Å². The molecule has 1 rings (SSSR count). The van der Waals surface area contributed by atoms with Crippen LogP contribution < -0.4 is 4.74 Å². The minimum absolute atomic E-state index is 0.000463. The van der Waals surface area contributed by atoms with Crippen molar-refractivity contribution in [1.82, 2.24) is 0 Å². The molecule has 0 radical (unpaired) electrons. The number of methoxy groups -OCH3 is 1. The van der Waals surface area contributed by atoms with Crippen molar-refractivity contribution in [2.45, 2.75) is 33.1 Å². The minimum Gasteiger partial charge on any atom is -0.496 e. The largest absolute Gasteiger partial charge is 0.496 e. The Morgan fingerprint density at radius 1 is 1.47 bits per heavy atom. The fraction of sp³-hybridized carbons (Fsp3) is 0.462. The van der Waals surface area contributed by atoms with Gasteiger partial charge in [-0.15, -0.1) is 0 Å². The van der Waals surface area contributed by atoms with Crippen LogP contribution in [0.5, 0.6) is 5.75 Å². The van der Waals surface area contributed by atoms with Crippen LogP contribution in [0.1, 0.15) is 37.3 Å². The van der Waals surface area contributed by atoms with Crippen molar-refractivity contribution < 1.29 is 9.53 Å². The van der Waals surface area contributed by atoms with E-state index in [1.807, 2.05) is 32.0 Å². The molecule has 0 amide bonds. The number of ether oxygens (including phenoxy) is 1. The molecule has 0 heterocycles. The first-order valence-corrected chi connectivity index (χ1v) is 5.25. The predicted molar refractivity (Wildman–Crippen MR) is 61.4 cm³/mol. The zero-order valence-corrected chi connectivity index (χ0v) is 9.83. The fourth-order valence-electron chi connectivity index (χ4n) is 1.81. The molecular formula is C13H18O2. The van der Waals surface area contributed by atoms with E-state index in [0.717, 1.165) is 23.3 Å². The lowest BCUT2D eigenvalue weighted by Gasteiger charge is -2.14. The molecule has 0 aliphatic rings. The van der Waals surface area contributed by atoms with Crippen molar-refractivity contribution in [3.05, 3.63) is 29.3 Å². The third-order valence-electron chi connectivity index (χ3n) is 2.73. The highest BCUT2D eigenvalue weighted by atomic mass is 16.5. The van der Waals surface area contributed by atoms with Crippen LogP contribution in [0.3, 0.4) is 0 Å². The quantitative estimate of drug-likeness (QED) is 0.756. The molecule has 0 bridgehead atoms. The predicted octanol–water partition coefficient (Wildman–Crippen LogP) is 3.09. The molecule has 0 saturated carbocycles. The molecule has 82 valence electrons. The fourth-order valence-corrected chi connectivity index (χ4v) is 1.81. The van der Waals surface area contributed by atoms with E-state index in [1.165, 1.54) is 0 Å². The van der Waals surface area contributed by atoms with Crippen molar-refractivity contribution >= 4 is 5.78 Å². The van der Waals surface area contributed by atoms with Gasteiger partial charge in [0.05, 0.1) is 7.11 Å². The van der Waals surface area contributed by atoms with Gasteiger partial charge in [-0.1, -0.05) is 19.1 Å². The third-order valence-corrected chi connectivity index (χ3v) is 2.73. The maximum atomic E-state index is 11.4. The van der Waals surface area contributed by atoms with Gasteiger partial charge in [-0.3, -0.25) is 4.79 Å².